The zero-order valence-electron chi connectivity index (χ0n) is 12.0. The number of halogens is 1. The van der Waals surface area contributed by atoms with Crippen molar-refractivity contribution in [2.45, 2.75) is 44.7 Å². The fourth-order valence-electron chi connectivity index (χ4n) is 1.53. The van der Waals surface area contributed by atoms with Crippen molar-refractivity contribution in [3.8, 4) is 0 Å². The van der Waals surface area contributed by atoms with E-state index in [-0.39, 0.29) is 12.2 Å². The average molecular weight is 298 g/mol. The number of hydrogen-bond donors (Lipinski definition) is 1. The van der Waals surface area contributed by atoms with Crippen molar-refractivity contribution >= 4 is 23.5 Å². The number of benzene rings is 1. The van der Waals surface area contributed by atoms with Crippen LogP contribution in [0, 0.1) is 0 Å². The van der Waals surface area contributed by atoms with Gasteiger partial charge in [0.15, 0.2) is 5.78 Å². The first-order valence-corrected chi connectivity index (χ1v) is 6.93. The van der Waals surface area contributed by atoms with Crippen LogP contribution in [0.25, 0.3) is 0 Å². The molecule has 0 saturated heterocycles. The average Bonchev–Trinajstić information content (AvgIpc) is 2.34. The van der Waals surface area contributed by atoms with E-state index in [9.17, 15) is 9.59 Å². The van der Waals surface area contributed by atoms with Gasteiger partial charge in [0, 0.05) is 12.0 Å². The number of amides is 1. The van der Waals surface area contributed by atoms with Crippen LogP contribution in [-0.4, -0.2) is 23.0 Å². The third-order valence-corrected chi connectivity index (χ3v) is 2.72. The van der Waals surface area contributed by atoms with Crippen molar-refractivity contribution < 1.29 is 14.3 Å². The van der Waals surface area contributed by atoms with Crippen LogP contribution in [-0.2, 0) is 4.74 Å². The molecule has 0 saturated carbocycles. The Morgan fingerprint density at radius 2 is 1.85 bits per heavy atom. The lowest BCUT2D eigenvalue weighted by Gasteiger charge is -2.21. The Balaban J connectivity index is 2.35. The molecule has 0 bridgehead atoms. The van der Waals surface area contributed by atoms with E-state index in [2.05, 4.69) is 5.32 Å². The summed E-state index contributed by atoms with van der Waals surface area (Å²) in [4.78, 5) is 23.3. The van der Waals surface area contributed by atoms with E-state index in [4.69, 9.17) is 16.3 Å². The molecule has 1 atom stereocenters. The van der Waals surface area contributed by atoms with E-state index in [1.54, 1.807) is 32.9 Å². The molecule has 20 heavy (non-hydrogen) atoms. The predicted molar refractivity (Wildman–Crippen MR) is 79.0 cm³/mol. The largest absolute Gasteiger partial charge is 0.444 e. The van der Waals surface area contributed by atoms with Crippen molar-refractivity contribution in [2.75, 3.05) is 0 Å². The van der Waals surface area contributed by atoms with Crippen LogP contribution < -0.4 is 5.32 Å². The van der Waals surface area contributed by atoms with Gasteiger partial charge in [0.1, 0.15) is 11.1 Å². The highest BCUT2D eigenvalue weighted by atomic mass is 35.5. The molecule has 0 aliphatic rings. The number of rotatable bonds is 5. The molecule has 4 nitrogen and oxygen atoms in total. The quantitative estimate of drug-likeness (QED) is 0.512. The summed E-state index contributed by atoms with van der Waals surface area (Å²) in [5, 5.41) is 2.50. The van der Waals surface area contributed by atoms with Crippen molar-refractivity contribution in [3.63, 3.8) is 0 Å². The van der Waals surface area contributed by atoms with Crippen molar-refractivity contribution in [3.05, 3.63) is 35.9 Å². The summed E-state index contributed by atoms with van der Waals surface area (Å²) in [6.45, 7) is 5.32. The molecular formula is C15H20ClNO3. The molecule has 110 valence electrons. The number of carbonyl (C=O) groups is 2. The number of ketones is 1. The van der Waals surface area contributed by atoms with Gasteiger partial charge in [-0.25, -0.2) is 4.79 Å². The van der Waals surface area contributed by atoms with Gasteiger partial charge in [0.05, 0.1) is 0 Å². The summed E-state index contributed by atoms with van der Waals surface area (Å²) < 4.78 is 5.08. The Bertz CT molecular complexity index is 454. The Kier molecular flexibility index (Phi) is 6.02. The van der Waals surface area contributed by atoms with E-state index in [0.717, 1.165) is 0 Å². The second kappa shape index (κ2) is 7.29. The minimum atomic E-state index is -0.627. The van der Waals surface area contributed by atoms with Gasteiger partial charge in [-0.05, 0) is 27.2 Å². The van der Waals surface area contributed by atoms with Gasteiger partial charge in [0.2, 0.25) is 0 Å². The van der Waals surface area contributed by atoms with E-state index in [0.29, 0.717) is 12.0 Å². The second-order valence-corrected chi connectivity index (χ2v) is 5.97. The van der Waals surface area contributed by atoms with Crippen LogP contribution in [0.1, 0.15) is 44.0 Å². The number of Topliss-reactive ketones (excluding diaryl/α,β-unsaturated/α-hetero) is 1. The van der Waals surface area contributed by atoms with Gasteiger partial charge < -0.3 is 10.1 Å². The number of ether oxygens (including phenoxy) is 1. The highest BCUT2D eigenvalue weighted by molar-refractivity contribution is 6.21. The van der Waals surface area contributed by atoms with Crippen molar-refractivity contribution in [1.29, 1.82) is 0 Å². The molecule has 0 spiro atoms. The fraction of sp³-hybridized carbons (Fsp3) is 0.467. The van der Waals surface area contributed by atoms with Crippen molar-refractivity contribution in [2.24, 2.45) is 0 Å². The lowest BCUT2D eigenvalue weighted by atomic mass is 10.1. The molecular weight excluding hydrogens is 278 g/mol. The Hall–Kier alpha value is -1.55. The molecule has 1 N–H and O–H groups in total. The SMILES string of the molecule is CC(C)(C)OC(=O)NC(Cl)CCC(=O)c1ccccc1. The number of alkyl carbamates (subject to hydrolysis) is 1. The van der Waals surface area contributed by atoms with Gasteiger partial charge in [-0.2, -0.15) is 0 Å². The highest BCUT2D eigenvalue weighted by Gasteiger charge is 2.19. The highest BCUT2D eigenvalue weighted by Crippen LogP contribution is 2.11. The Morgan fingerprint density at radius 1 is 1.25 bits per heavy atom. The molecule has 0 radical (unpaired) electrons. The van der Waals surface area contributed by atoms with Gasteiger partial charge in [-0.1, -0.05) is 41.9 Å². The summed E-state index contributed by atoms with van der Waals surface area (Å²) in [6, 6.07) is 8.99. The maximum Gasteiger partial charge on any atom is 0.408 e. The van der Waals surface area contributed by atoms with E-state index < -0.39 is 17.2 Å². The first-order chi connectivity index (χ1) is 9.28. The van der Waals surface area contributed by atoms with Crippen LogP contribution in [0.2, 0.25) is 0 Å². The minimum Gasteiger partial charge on any atom is -0.444 e. The van der Waals surface area contributed by atoms with Crippen LogP contribution in [0.5, 0.6) is 0 Å². The Labute approximate surface area is 124 Å². The lowest BCUT2D eigenvalue weighted by Crippen LogP contribution is -2.36. The van der Waals surface area contributed by atoms with Crippen LogP contribution in [0.15, 0.2) is 30.3 Å². The van der Waals surface area contributed by atoms with Gasteiger partial charge in [0.25, 0.3) is 0 Å². The number of alkyl halides is 1. The topological polar surface area (TPSA) is 55.4 Å². The molecule has 0 aromatic heterocycles. The number of hydrogen-bond acceptors (Lipinski definition) is 3. The molecule has 1 aromatic carbocycles. The minimum absolute atomic E-state index is 0.00207. The lowest BCUT2D eigenvalue weighted by molar-refractivity contribution is 0.0517. The molecule has 0 fully saturated rings. The van der Waals surface area contributed by atoms with E-state index in [1.807, 2.05) is 18.2 Å². The molecule has 1 aromatic rings. The fourth-order valence-corrected chi connectivity index (χ4v) is 1.73. The summed E-state index contributed by atoms with van der Waals surface area (Å²) in [6.07, 6.45) is 0.0485. The zero-order valence-corrected chi connectivity index (χ0v) is 12.7. The van der Waals surface area contributed by atoms with Gasteiger partial charge in [-0.3, -0.25) is 4.79 Å². The first-order valence-electron chi connectivity index (χ1n) is 6.50. The Morgan fingerprint density at radius 3 is 2.40 bits per heavy atom. The van der Waals surface area contributed by atoms with Crippen molar-refractivity contribution in [1.82, 2.24) is 5.32 Å². The second-order valence-electron chi connectivity index (χ2n) is 5.44. The summed E-state index contributed by atoms with van der Waals surface area (Å²) in [5.74, 6) is 0.00207. The van der Waals surface area contributed by atoms with E-state index >= 15 is 0 Å². The maximum absolute atomic E-state index is 11.9. The first kappa shape index (κ1) is 16.5. The molecule has 1 amide bonds. The smallest absolute Gasteiger partial charge is 0.408 e. The summed E-state index contributed by atoms with van der Waals surface area (Å²) >= 11 is 5.97. The third kappa shape index (κ3) is 6.57. The summed E-state index contributed by atoms with van der Waals surface area (Å²) in [5.41, 5.74) is -0.549. The standard InChI is InChI=1S/C15H20ClNO3/c1-15(2,3)20-14(19)17-13(16)10-9-12(18)11-7-5-4-6-8-11/h4-8,13H,9-10H2,1-3H3,(H,17,19). The van der Waals surface area contributed by atoms with Crippen LogP contribution in [0.4, 0.5) is 4.79 Å². The molecule has 0 heterocycles. The van der Waals surface area contributed by atoms with Gasteiger partial charge >= 0.3 is 6.09 Å². The number of carbonyl (C=O) groups excluding carboxylic acids is 2. The predicted octanol–water partition coefficient (Wildman–Crippen LogP) is 3.74. The summed E-state index contributed by atoms with van der Waals surface area (Å²) in [7, 11) is 0. The maximum atomic E-state index is 11.9. The van der Waals surface area contributed by atoms with E-state index in [1.165, 1.54) is 0 Å². The number of nitrogens with one attached hydrogen (secondary N) is 1. The monoisotopic (exact) mass is 297 g/mol. The molecule has 1 rings (SSSR count). The zero-order chi connectivity index (χ0) is 15.2. The van der Waals surface area contributed by atoms with Crippen LogP contribution in [0.3, 0.4) is 0 Å². The molecule has 1 unspecified atom stereocenters. The normalized spacial score (nSPS) is 12.6. The molecule has 0 aliphatic heterocycles. The molecule has 0 aliphatic carbocycles. The molecule has 5 heteroatoms. The van der Waals surface area contributed by atoms with Gasteiger partial charge in [-0.15, -0.1) is 0 Å². The van der Waals surface area contributed by atoms with Crippen LogP contribution >= 0.6 is 11.6 Å². The third-order valence-electron chi connectivity index (χ3n) is 2.39.